The van der Waals surface area contributed by atoms with Crippen molar-refractivity contribution in [1.29, 1.82) is 0 Å². The monoisotopic (exact) mass is 503 g/mol. The van der Waals surface area contributed by atoms with Gasteiger partial charge in [-0.05, 0) is 67.6 Å². The van der Waals surface area contributed by atoms with Gasteiger partial charge in [0.1, 0.15) is 0 Å². The number of nitrogens with one attached hydrogen (secondary N) is 1. The van der Waals surface area contributed by atoms with Crippen molar-refractivity contribution in [2.75, 3.05) is 26.2 Å². The van der Waals surface area contributed by atoms with Crippen LogP contribution in [0.25, 0.3) is 0 Å². The average Bonchev–Trinajstić information content (AvgIpc) is 2.85. The largest absolute Gasteiger partial charge is 0.352 e. The fourth-order valence-corrected chi connectivity index (χ4v) is 6.58. The first-order valence-electron chi connectivity index (χ1n) is 12.2. The standard InChI is InChI=1S/C26H34ClN3O3S/c27-25-11-9-21(10-12-25)20-34(32,33)30-15-5-8-24(19-30)26(31)28-17-22-6-4-7-23(16-22)18-29-13-2-1-3-14-29/h4,6-7,9-12,16,24H,1-3,5,8,13-15,17-20H2,(H,28,31)/t24-/m0/s1. The fourth-order valence-electron chi connectivity index (χ4n) is 4.84. The first-order chi connectivity index (χ1) is 16.4. The predicted molar refractivity (Wildman–Crippen MR) is 136 cm³/mol. The summed E-state index contributed by atoms with van der Waals surface area (Å²) < 4.78 is 27.4. The molecule has 2 aliphatic rings. The van der Waals surface area contributed by atoms with E-state index in [1.165, 1.54) is 29.1 Å². The summed E-state index contributed by atoms with van der Waals surface area (Å²) in [6, 6.07) is 15.2. The molecule has 8 heteroatoms. The van der Waals surface area contributed by atoms with Gasteiger partial charge in [-0.2, -0.15) is 0 Å². The molecule has 2 aromatic rings. The van der Waals surface area contributed by atoms with Gasteiger partial charge in [-0.15, -0.1) is 0 Å². The smallest absolute Gasteiger partial charge is 0.224 e. The van der Waals surface area contributed by atoms with E-state index in [0.29, 0.717) is 36.5 Å². The van der Waals surface area contributed by atoms with Gasteiger partial charge in [-0.3, -0.25) is 9.69 Å². The van der Waals surface area contributed by atoms with Crippen molar-refractivity contribution in [3.8, 4) is 0 Å². The van der Waals surface area contributed by atoms with Crippen molar-refractivity contribution in [3.05, 3.63) is 70.2 Å². The first kappa shape index (κ1) is 25.2. The van der Waals surface area contributed by atoms with Crippen molar-refractivity contribution in [2.45, 2.75) is 50.9 Å². The molecule has 34 heavy (non-hydrogen) atoms. The van der Waals surface area contributed by atoms with Gasteiger partial charge in [0.15, 0.2) is 0 Å². The number of hydrogen-bond donors (Lipinski definition) is 1. The number of likely N-dealkylation sites (tertiary alicyclic amines) is 1. The van der Waals surface area contributed by atoms with Crippen LogP contribution < -0.4 is 5.32 Å². The Bertz CT molecular complexity index is 1070. The Kier molecular flexibility index (Phi) is 8.64. The maximum absolute atomic E-state index is 12.9. The Morgan fingerprint density at radius 3 is 2.44 bits per heavy atom. The molecular weight excluding hydrogens is 470 g/mol. The van der Waals surface area contributed by atoms with Gasteiger partial charge in [-0.25, -0.2) is 12.7 Å². The van der Waals surface area contributed by atoms with E-state index in [0.717, 1.165) is 25.2 Å². The minimum Gasteiger partial charge on any atom is -0.352 e. The molecule has 0 bridgehead atoms. The molecule has 0 unspecified atom stereocenters. The average molecular weight is 504 g/mol. The molecule has 0 aliphatic carbocycles. The van der Waals surface area contributed by atoms with Crippen LogP contribution in [0.3, 0.4) is 0 Å². The summed E-state index contributed by atoms with van der Waals surface area (Å²) in [7, 11) is -3.50. The van der Waals surface area contributed by atoms with E-state index in [1.54, 1.807) is 24.3 Å². The Morgan fingerprint density at radius 2 is 1.68 bits per heavy atom. The van der Waals surface area contributed by atoms with Crippen LogP contribution in [-0.4, -0.2) is 49.7 Å². The highest BCUT2D eigenvalue weighted by molar-refractivity contribution is 7.88. The molecule has 0 spiro atoms. The van der Waals surface area contributed by atoms with E-state index in [4.69, 9.17) is 11.6 Å². The van der Waals surface area contributed by atoms with Crippen LogP contribution in [0.5, 0.6) is 0 Å². The molecule has 2 heterocycles. The van der Waals surface area contributed by atoms with E-state index in [-0.39, 0.29) is 24.1 Å². The molecule has 0 aromatic heterocycles. The third-order valence-electron chi connectivity index (χ3n) is 6.72. The first-order valence-corrected chi connectivity index (χ1v) is 14.2. The third kappa shape index (κ3) is 7.04. The maximum atomic E-state index is 12.9. The summed E-state index contributed by atoms with van der Waals surface area (Å²) in [5.41, 5.74) is 3.04. The van der Waals surface area contributed by atoms with Crippen molar-refractivity contribution >= 4 is 27.5 Å². The SMILES string of the molecule is O=C(NCc1cccc(CN2CCCCC2)c1)[C@H]1CCCN(S(=O)(=O)Cc2ccc(Cl)cc2)C1. The number of piperidine rings is 2. The molecule has 2 aromatic carbocycles. The highest BCUT2D eigenvalue weighted by Gasteiger charge is 2.32. The Hall–Kier alpha value is -1.93. The summed E-state index contributed by atoms with van der Waals surface area (Å²) in [5.74, 6) is -0.486. The topological polar surface area (TPSA) is 69.7 Å². The summed E-state index contributed by atoms with van der Waals surface area (Å²) in [6.45, 7) is 4.40. The van der Waals surface area contributed by atoms with Crippen LogP contribution in [0, 0.1) is 5.92 Å². The second-order valence-corrected chi connectivity index (χ2v) is 11.9. The van der Waals surface area contributed by atoms with Crippen LogP contribution in [-0.2, 0) is 33.7 Å². The molecule has 1 N–H and O–H groups in total. The second kappa shape index (κ2) is 11.7. The lowest BCUT2D eigenvalue weighted by atomic mass is 9.98. The van der Waals surface area contributed by atoms with Gasteiger partial charge in [0, 0.05) is 31.2 Å². The van der Waals surface area contributed by atoms with Gasteiger partial charge in [0.25, 0.3) is 0 Å². The van der Waals surface area contributed by atoms with E-state index in [1.807, 2.05) is 12.1 Å². The fraction of sp³-hybridized carbons (Fsp3) is 0.500. The number of benzene rings is 2. The minimum absolute atomic E-state index is 0.0761. The number of nitrogens with zero attached hydrogens (tertiary/aromatic N) is 2. The number of halogens is 1. The van der Waals surface area contributed by atoms with Gasteiger partial charge >= 0.3 is 0 Å². The number of carbonyl (C=O) groups excluding carboxylic acids is 1. The van der Waals surface area contributed by atoms with Gasteiger partial charge in [0.05, 0.1) is 11.7 Å². The summed E-state index contributed by atoms with van der Waals surface area (Å²) in [6.07, 6.45) is 5.24. The normalized spacial score (nSPS) is 20.2. The number of carbonyl (C=O) groups is 1. The molecular formula is C26H34ClN3O3S. The van der Waals surface area contributed by atoms with Crippen LogP contribution in [0.2, 0.25) is 5.02 Å². The summed E-state index contributed by atoms with van der Waals surface area (Å²) in [4.78, 5) is 15.4. The molecule has 0 radical (unpaired) electrons. The maximum Gasteiger partial charge on any atom is 0.224 e. The van der Waals surface area contributed by atoms with Gasteiger partial charge in [-0.1, -0.05) is 54.4 Å². The van der Waals surface area contributed by atoms with Gasteiger partial charge in [0.2, 0.25) is 15.9 Å². The Balaban J connectivity index is 1.30. The van der Waals surface area contributed by atoms with E-state index in [2.05, 4.69) is 22.3 Å². The molecule has 2 saturated heterocycles. The highest BCUT2D eigenvalue weighted by Crippen LogP contribution is 2.22. The van der Waals surface area contributed by atoms with Crippen molar-refractivity contribution in [2.24, 2.45) is 5.92 Å². The molecule has 0 saturated carbocycles. The lowest BCUT2D eigenvalue weighted by molar-refractivity contribution is -0.126. The minimum atomic E-state index is -3.50. The summed E-state index contributed by atoms with van der Waals surface area (Å²) in [5, 5.41) is 3.62. The van der Waals surface area contributed by atoms with E-state index < -0.39 is 10.0 Å². The zero-order chi connectivity index (χ0) is 24.0. The van der Waals surface area contributed by atoms with Gasteiger partial charge < -0.3 is 5.32 Å². The number of hydrogen-bond acceptors (Lipinski definition) is 4. The molecule has 1 atom stereocenters. The second-order valence-electron chi connectivity index (χ2n) is 9.45. The molecule has 6 nitrogen and oxygen atoms in total. The van der Waals surface area contributed by atoms with Crippen molar-refractivity contribution in [3.63, 3.8) is 0 Å². The van der Waals surface area contributed by atoms with Crippen molar-refractivity contribution < 1.29 is 13.2 Å². The molecule has 2 fully saturated rings. The lowest BCUT2D eigenvalue weighted by Crippen LogP contribution is -2.45. The van der Waals surface area contributed by atoms with E-state index in [9.17, 15) is 13.2 Å². The van der Waals surface area contributed by atoms with E-state index >= 15 is 0 Å². The number of sulfonamides is 1. The number of rotatable bonds is 8. The third-order valence-corrected chi connectivity index (χ3v) is 8.79. The number of amides is 1. The van der Waals surface area contributed by atoms with Crippen LogP contribution in [0.1, 0.15) is 48.8 Å². The summed E-state index contributed by atoms with van der Waals surface area (Å²) >= 11 is 5.91. The highest BCUT2D eigenvalue weighted by atomic mass is 35.5. The Morgan fingerprint density at radius 1 is 0.941 bits per heavy atom. The zero-order valence-corrected chi connectivity index (χ0v) is 21.2. The Labute approximate surface area is 208 Å². The zero-order valence-electron chi connectivity index (χ0n) is 19.6. The molecule has 2 aliphatic heterocycles. The van der Waals surface area contributed by atoms with Crippen LogP contribution in [0.15, 0.2) is 48.5 Å². The lowest BCUT2D eigenvalue weighted by Gasteiger charge is -2.31. The quantitative estimate of drug-likeness (QED) is 0.586. The van der Waals surface area contributed by atoms with Crippen LogP contribution >= 0.6 is 11.6 Å². The molecule has 4 rings (SSSR count). The van der Waals surface area contributed by atoms with Crippen molar-refractivity contribution in [1.82, 2.24) is 14.5 Å². The predicted octanol–water partition coefficient (Wildman–Crippen LogP) is 4.18. The van der Waals surface area contributed by atoms with Crippen LogP contribution in [0.4, 0.5) is 0 Å². The molecule has 1 amide bonds. The molecule has 184 valence electrons.